The Morgan fingerprint density at radius 3 is 2.62 bits per heavy atom. The van der Waals surface area contributed by atoms with E-state index in [4.69, 9.17) is 28.3 Å². The van der Waals surface area contributed by atoms with Gasteiger partial charge in [-0.05, 0) is 25.0 Å². The number of carbonyl (C=O) groups is 2. The Kier molecular flexibility index (Phi) is 6.55. The molecule has 1 atom stereocenters. The molecular formula is C17H18Cl3N3O3. The number of carboxylic acid groups (broad SMARTS) is 1. The zero-order chi connectivity index (χ0) is 18.1. The van der Waals surface area contributed by atoms with Crippen LogP contribution in [0.4, 0.5) is 0 Å². The topological polar surface area (TPSA) is 75.4 Å². The fraction of sp³-hybridized carbons (Fsp3) is 0.353. The molecule has 1 aromatic heterocycles. The van der Waals surface area contributed by atoms with E-state index in [0.717, 1.165) is 5.56 Å². The molecule has 0 bridgehead atoms. The molecule has 1 aliphatic rings. The number of rotatable bonds is 4. The van der Waals surface area contributed by atoms with Gasteiger partial charge in [0.2, 0.25) is 0 Å². The van der Waals surface area contributed by atoms with Crippen LogP contribution in [0.2, 0.25) is 10.2 Å². The standard InChI is InChI=1S/C17H17Cl2N3O3.ClH/c1-10-14(16(23)21-7-6-12(8-21)17(24)25)15(19)22(20-10)9-11-4-2-3-5-13(11)18;/h2-5,12H,6-9H2,1H3,(H,24,25);1H. The molecule has 1 N–H and O–H groups in total. The van der Waals surface area contributed by atoms with E-state index in [9.17, 15) is 9.59 Å². The van der Waals surface area contributed by atoms with Gasteiger partial charge in [0.15, 0.2) is 0 Å². The van der Waals surface area contributed by atoms with E-state index in [1.807, 2.05) is 18.2 Å². The molecule has 1 aromatic carbocycles. The van der Waals surface area contributed by atoms with Crippen molar-refractivity contribution in [2.45, 2.75) is 19.9 Å². The maximum absolute atomic E-state index is 12.8. The largest absolute Gasteiger partial charge is 0.481 e. The van der Waals surface area contributed by atoms with Gasteiger partial charge in [0.25, 0.3) is 5.91 Å². The number of amides is 1. The number of hydrogen-bond donors (Lipinski definition) is 1. The van der Waals surface area contributed by atoms with Gasteiger partial charge in [-0.2, -0.15) is 5.10 Å². The molecule has 9 heteroatoms. The molecule has 140 valence electrons. The molecule has 0 aliphatic carbocycles. The molecule has 6 nitrogen and oxygen atoms in total. The third-order valence-corrected chi connectivity index (χ3v) is 5.13. The highest BCUT2D eigenvalue weighted by molar-refractivity contribution is 6.33. The maximum Gasteiger partial charge on any atom is 0.308 e. The van der Waals surface area contributed by atoms with E-state index in [-0.39, 0.29) is 30.0 Å². The molecule has 1 amide bonds. The van der Waals surface area contributed by atoms with Gasteiger partial charge in [-0.1, -0.05) is 41.4 Å². The molecular weight excluding hydrogens is 401 g/mol. The van der Waals surface area contributed by atoms with Gasteiger partial charge in [-0.25, -0.2) is 4.68 Å². The van der Waals surface area contributed by atoms with Gasteiger partial charge in [0.05, 0.1) is 23.7 Å². The molecule has 2 aromatic rings. The predicted octanol–water partition coefficient (Wildman–Crippen LogP) is 3.52. The van der Waals surface area contributed by atoms with Crippen LogP contribution in [-0.4, -0.2) is 44.8 Å². The molecule has 1 saturated heterocycles. The van der Waals surface area contributed by atoms with Gasteiger partial charge < -0.3 is 10.0 Å². The molecule has 2 heterocycles. The Morgan fingerprint density at radius 1 is 1.31 bits per heavy atom. The summed E-state index contributed by atoms with van der Waals surface area (Å²) in [5.41, 5.74) is 1.68. The van der Waals surface area contributed by atoms with Gasteiger partial charge in [-0.3, -0.25) is 9.59 Å². The van der Waals surface area contributed by atoms with E-state index >= 15 is 0 Å². The fourth-order valence-electron chi connectivity index (χ4n) is 2.99. The quantitative estimate of drug-likeness (QED) is 0.824. The number of aryl methyl sites for hydroxylation is 1. The third-order valence-electron chi connectivity index (χ3n) is 4.38. The predicted molar refractivity (Wildman–Crippen MR) is 101 cm³/mol. The minimum atomic E-state index is -0.882. The van der Waals surface area contributed by atoms with E-state index in [2.05, 4.69) is 5.10 Å². The number of benzene rings is 1. The minimum Gasteiger partial charge on any atom is -0.481 e. The molecule has 26 heavy (non-hydrogen) atoms. The van der Waals surface area contributed by atoms with Crippen molar-refractivity contribution in [3.8, 4) is 0 Å². The van der Waals surface area contributed by atoms with Crippen LogP contribution in [0.25, 0.3) is 0 Å². The fourth-order valence-corrected chi connectivity index (χ4v) is 3.50. The first-order chi connectivity index (χ1) is 11.9. The first-order valence-electron chi connectivity index (χ1n) is 7.87. The SMILES string of the molecule is Cc1nn(Cc2ccccc2Cl)c(Cl)c1C(=O)N1CCC(C(=O)O)C1.Cl. The summed E-state index contributed by atoms with van der Waals surface area (Å²) in [6.07, 6.45) is 0.450. The van der Waals surface area contributed by atoms with Crippen LogP contribution in [0.5, 0.6) is 0 Å². The van der Waals surface area contributed by atoms with Gasteiger partial charge in [0.1, 0.15) is 5.15 Å². The van der Waals surface area contributed by atoms with Crippen LogP contribution in [-0.2, 0) is 11.3 Å². The summed E-state index contributed by atoms with van der Waals surface area (Å²) in [5.74, 6) is -1.69. The second kappa shape index (κ2) is 8.29. The zero-order valence-corrected chi connectivity index (χ0v) is 16.3. The number of aliphatic carboxylic acids is 1. The van der Waals surface area contributed by atoms with Crippen LogP contribution in [0, 0.1) is 12.8 Å². The summed E-state index contributed by atoms with van der Waals surface area (Å²) in [4.78, 5) is 25.4. The number of hydrogen-bond acceptors (Lipinski definition) is 3. The summed E-state index contributed by atoms with van der Waals surface area (Å²) in [6, 6.07) is 7.36. The molecule has 0 saturated carbocycles. The molecule has 1 unspecified atom stereocenters. The van der Waals surface area contributed by atoms with Crippen molar-refractivity contribution in [1.82, 2.24) is 14.7 Å². The smallest absolute Gasteiger partial charge is 0.308 e. The highest BCUT2D eigenvalue weighted by Crippen LogP contribution is 2.27. The lowest BCUT2D eigenvalue weighted by Crippen LogP contribution is -2.30. The molecule has 0 spiro atoms. The summed E-state index contributed by atoms with van der Waals surface area (Å²) >= 11 is 12.6. The number of aromatic nitrogens is 2. The van der Waals surface area contributed by atoms with Crippen molar-refractivity contribution < 1.29 is 14.7 Å². The minimum absolute atomic E-state index is 0. The van der Waals surface area contributed by atoms with Crippen LogP contribution in [0.15, 0.2) is 24.3 Å². The number of halogens is 3. The van der Waals surface area contributed by atoms with Gasteiger partial charge in [-0.15, -0.1) is 12.4 Å². The molecule has 1 aliphatic heterocycles. The second-order valence-electron chi connectivity index (χ2n) is 6.08. The molecule has 1 fully saturated rings. The number of carboxylic acids is 1. The Bertz CT molecular complexity index is 838. The zero-order valence-electron chi connectivity index (χ0n) is 14.0. The number of nitrogens with zero attached hydrogens (tertiary/aromatic N) is 3. The van der Waals surface area contributed by atoms with Crippen molar-refractivity contribution in [3.63, 3.8) is 0 Å². The van der Waals surface area contributed by atoms with Crippen LogP contribution in [0.1, 0.15) is 28.0 Å². The Hall–Kier alpha value is -1.76. The molecule has 3 rings (SSSR count). The van der Waals surface area contributed by atoms with Crippen molar-refractivity contribution >= 4 is 47.5 Å². The summed E-state index contributed by atoms with van der Waals surface area (Å²) < 4.78 is 1.54. The normalized spacial score (nSPS) is 16.4. The lowest BCUT2D eigenvalue weighted by Gasteiger charge is -2.15. The van der Waals surface area contributed by atoms with Crippen molar-refractivity contribution in [2.24, 2.45) is 5.92 Å². The van der Waals surface area contributed by atoms with Crippen molar-refractivity contribution in [2.75, 3.05) is 13.1 Å². The van der Waals surface area contributed by atoms with Crippen LogP contribution < -0.4 is 0 Å². The van der Waals surface area contributed by atoms with E-state index < -0.39 is 11.9 Å². The van der Waals surface area contributed by atoms with Gasteiger partial charge >= 0.3 is 5.97 Å². The van der Waals surface area contributed by atoms with E-state index in [1.165, 1.54) is 9.58 Å². The molecule has 0 radical (unpaired) electrons. The average Bonchev–Trinajstić information content (AvgIpc) is 3.15. The lowest BCUT2D eigenvalue weighted by atomic mass is 10.1. The Balaban J connectivity index is 0.00000243. The number of likely N-dealkylation sites (tertiary alicyclic amines) is 1. The Labute approximate surface area is 167 Å². The van der Waals surface area contributed by atoms with Crippen LogP contribution >= 0.6 is 35.6 Å². The van der Waals surface area contributed by atoms with Crippen molar-refractivity contribution in [3.05, 3.63) is 51.3 Å². The summed E-state index contributed by atoms with van der Waals surface area (Å²) in [5, 5.41) is 14.3. The monoisotopic (exact) mass is 417 g/mol. The Morgan fingerprint density at radius 2 is 2.00 bits per heavy atom. The lowest BCUT2D eigenvalue weighted by molar-refractivity contribution is -0.141. The van der Waals surface area contributed by atoms with Gasteiger partial charge in [0, 0.05) is 18.1 Å². The summed E-state index contributed by atoms with van der Waals surface area (Å²) in [7, 11) is 0. The maximum atomic E-state index is 12.8. The summed E-state index contributed by atoms with van der Waals surface area (Å²) in [6.45, 7) is 2.66. The highest BCUT2D eigenvalue weighted by atomic mass is 35.5. The highest BCUT2D eigenvalue weighted by Gasteiger charge is 2.33. The first kappa shape index (κ1) is 20.6. The number of carbonyl (C=O) groups excluding carboxylic acids is 1. The first-order valence-corrected chi connectivity index (χ1v) is 8.62. The van der Waals surface area contributed by atoms with E-state index in [0.29, 0.717) is 35.8 Å². The average molecular weight is 419 g/mol. The second-order valence-corrected chi connectivity index (χ2v) is 6.84. The van der Waals surface area contributed by atoms with Crippen molar-refractivity contribution in [1.29, 1.82) is 0 Å². The third kappa shape index (κ3) is 3.98. The van der Waals surface area contributed by atoms with Crippen LogP contribution in [0.3, 0.4) is 0 Å². The van der Waals surface area contributed by atoms with E-state index in [1.54, 1.807) is 13.0 Å².